The number of aromatic nitrogens is 1. The number of allylic oxidation sites excluding steroid dienone is 1. The molecule has 0 radical (unpaired) electrons. The Morgan fingerprint density at radius 2 is 1.82 bits per heavy atom. The van der Waals surface area contributed by atoms with Crippen molar-refractivity contribution in [1.82, 2.24) is 9.47 Å². The molecular formula is C21H17ClF4N2. The lowest BCUT2D eigenvalue weighted by molar-refractivity contribution is -0.0684. The molecule has 4 rings (SSSR count). The first-order valence-corrected chi connectivity index (χ1v) is 9.16. The number of hydrogen-bond acceptors (Lipinski definition) is 1. The van der Waals surface area contributed by atoms with E-state index < -0.39 is 17.6 Å². The lowest BCUT2D eigenvalue weighted by atomic mass is 10.0. The molecule has 2 heterocycles. The van der Waals surface area contributed by atoms with Crippen LogP contribution in [0.2, 0.25) is 5.02 Å². The highest BCUT2D eigenvalue weighted by atomic mass is 35.5. The Balaban J connectivity index is 1.98. The first kappa shape index (κ1) is 19.0. The van der Waals surface area contributed by atoms with Crippen LogP contribution < -0.4 is 0 Å². The van der Waals surface area contributed by atoms with Crippen molar-refractivity contribution in [1.29, 1.82) is 0 Å². The summed E-state index contributed by atoms with van der Waals surface area (Å²) in [5, 5.41) is 1.39. The minimum absolute atomic E-state index is 0.0774. The Labute approximate surface area is 164 Å². The van der Waals surface area contributed by atoms with Crippen LogP contribution in [0.15, 0.2) is 42.5 Å². The van der Waals surface area contributed by atoms with Crippen LogP contribution in [0.1, 0.15) is 16.8 Å². The van der Waals surface area contributed by atoms with Gasteiger partial charge in [-0.2, -0.15) is 13.2 Å². The van der Waals surface area contributed by atoms with Gasteiger partial charge in [-0.15, -0.1) is 0 Å². The van der Waals surface area contributed by atoms with E-state index in [9.17, 15) is 17.6 Å². The number of fused-ring (bicyclic) bond motifs is 3. The van der Waals surface area contributed by atoms with E-state index in [4.69, 9.17) is 11.6 Å². The Morgan fingerprint density at radius 1 is 1.11 bits per heavy atom. The fraction of sp³-hybridized carbons (Fsp3) is 0.238. The predicted molar refractivity (Wildman–Crippen MR) is 104 cm³/mol. The van der Waals surface area contributed by atoms with Crippen LogP contribution in [0.3, 0.4) is 0 Å². The summed E-state index contributed by atoms with van der Waals surface area (Å²) in [6.45, 7) is 1.40. The molecule has 0 atom stereocenters. The third kappa shape index (κ3) is 3.42. The van der Waals surface area contributed by atoms with Gasteiger partial charge < -0.3 is 9.47 Å². The molecule has 28 heavy (non-hydrogen) atoms. The van der Waals surface area contributed by atoms with E-state index in [1.54, 1.807) is 22.8 Å². The van der Waals surface area contributed by atoms with Gasteiger partial charge in [0.1, 0.15) is 5.82 Å². The zero-order valence-corrected chi connectivity index (χ0v) is 15.8. The van der Waals surface area contributed by atoms with Crippen molar-refractivity contribution in [3.63, 3.8) is 0 Å². The molecule has 0 bridgehead atoms. The molecule has 0 amide bonds. The van der Waals surface area contributed by atoms with E-state index in [-0.39, 0.29) is 5.56 Å². The first-order valence-electron chi connectivity index (χ1n) is 8.79. The minimum Gasteiger partial charge on any atom is -0.319 e. The van der Waals surface area contributed by atoms with Gasteiger partial charge in [0.15, 0.2) is 0 Å². The van der Waals surface area contributed by atoms with E-state index in [1.165, 1.54) is 0 Å². The first-order chi connectivity index (χ1) is 13.2. The van der Waals surface area contributed by atoms with Crippen LogP contribution >= 0.6 is 11.6 Å². The highest BCUT2D eigenvalue weighted by Crippen LogP contribution is 2.38. The molecule has 1 aliphatic rings. The van der Waals surface area contributed by atoms with Gasteiger partial charge in [-0.25, -0.2) is 4.39 Å². The molecule has 2 nitrogen and oxygen atoms in total. The van der Waals surface area contributed by atoms with Crippen molar-refractivity contribution >= 4 is 34.3 Å². The lowest BCUT2D eigenvalue weighted by Gasteiger charge is -2.24. The number of benzene rings is 2. The van der Waals surface area contributed by atoms with Crippen molar-refractivity contribution in [3.8, 4) is 0 Å². The Bertz CT molecular complexity index is 1060. The van der Waals surface area contributed by atoms with E-state index >= 15 is 0 Å². The topological polar surface area (TPSA) is 8.17 Å². The number of rotatable bonds is 2. The number of alkyl halides is 3. The maximum Gasteiger partial charge on any atom is 0.418 e. The molecule has 2 aromatic carbocycles. The van der Waals surface area contributed by atoms with Gasteiger partial charge in [0.2, 0.25) is 0 Å². The average molecular weight is 409 g/mol. The van der Waals surface area contributed by atoms with Crippen molar-refractivity contribution in [2.24, 2.45) is 0 Å². The molecule has 0 aliphatic carbocycles. The SMILES string of the molecule is CN1CCc2c(c3cc(Cl)ccc3n2/C=C(/c2ccc(F)cc2)C(F)(F)F)C1. The summed E-state index contributed by atoms with van der Waals surface area (Å²) in [4.78, 5) is 2.13. The highest BCUT2D eigenvalue weighted by Gasteiger charge is 2.35. The maximum absolute atomic E-state index is 13.9. The summed E-state index contributed by atoms with van der Waals surface area (Å²) in [5.74, 6) is -0.577. The predicted octanol–water partition coefficient (Wildman–Crippen LogP) is 5.98. The Morgan fingerprint density at radius 3 is 2.50 bits per heavy atom. The van der Waals surface area contributed by atoms with Crippen LogP contribution in [0, 0.1) is 5.82 Å². The Kier molecular flexibility index (Phi) is 4.71. The van der Waals surface area contributed by atoms with E-state index in [0.29, 0.717) is 23.5 Å². The molecule has 1 aromatic heterocycles. The number of halogens is 5. The molecule has 1 aliphatic heterocycles. The van der Waals surface area contributed by atoms with E-state index in [2.05, 4.69) is 4.90 Å². The molecule has 0 saturated heterocycles. The summed E-state index contributed by atoms with van der Waals surface area (Å²) in [6.07, 6.45) is -2.84. The fourth-order valence-electron chi connectivity index (χ4n) is 3.72. The van der Waals surface area contributed by atoms with Gasteiger partial charge in [0, 0.05) is 41.8 Å². The highest BCUT2D eigenvalue weighted by molar-refractivity contribution is 6.31. The van der Waals surface area contributed by atoms with E-state index in [1.807, 2.05) is 7.05 Å². The maximum atomic E-state index is 13.9. The van der Waals surface area contributed by atoms with Gasteiger partial charge in [0.05, 0.1) is 11.1 Å². The third-order valence-electron chi connectivity index (χ3n) is 5.06. The smallest absolute Gasteiger partial charge is 0.319 e. The Hall–Kier alpha value is -2.31. The number of nitrogens with zero attached hydrogens (tertiary/aromatic N) is 2. The molecule has 0 unspecified atom stereocenters. The zero-order valence-electron chi connectivity index (χ0n) is 15.0. The second-order valence-corrected chi connectivity index (χ2v) is 7.43. The standard InChI is InChI=1S/C21H17ClF4N2/c1-27-9-8-20-17(11-27)16-10-14(22)4-7-19(16)28(20)12-18(21(24,25)26)13-2-5-15(23)6-3-13/h2-7,10,12H,8-9,11H2,1H3/b18-12-. The van der Waals surface area contributed by atoms with Crippen LogP contribution in [0.25, 0.3) is 22.7 Å². The van der Waals surface area contributed by atoms with Gasteiger partial charge in [-0.3, -0.25) is 0 Å². The molecular weight excluding hydrogens is 392 g/mol. The molecule has 0 saturated carbocycles. The van der Waals surface area contributed by atoms with Crippen molar-refractivity contribution in [2.45, 2.75) is 19.1 Å². The van der Waals surface area contributed by atoms with Gasteiger partial charge in [-0.05, 0) is 48.5 Å². The molecule has 146 valence electrons. The summed E-state index contributed by atoms with van der Waals surface area (Å²) < 4.78 is 56.4. The van der Waals surface area contributed by atoms with Crippen molar-refractivity contribution in [2.75, 3.05) is 13.6 Å². The van der Waals surface area contributed by atoms with Crippen LogP contribution in [0.4, 0.5) is 17.6 Å². The molecule has 0 N–H and O–H groups in total. The fourth-order valence-corrected chi connectivity index (χ4v) is 3.89. The van der Waals surface area contributed by atoms with Crippen LogP contribution in [-0.4, -0.2) is 29.2 Å². The van der Waals surface area contributed by atoms with Crippen molar-refractivity contribution in [3.05, 3.63) is 70.1 Å². The molecule has 0 spiro atoms. The second-order valence-electron chi connectivity index (χ2n) is 6.99. The van der Waals surface area contributed by atoms with E-state index in [0.717, 1.165) is 53.7 Å². The second kappa shape index (κ2) is 6.94. The monoisotopic (exact) mass is 408 g/mol. The number of hydrogen-bond donors (Lipinski definition) is 0. The van der Waals surface area contributed by atoms with Crippen LogP contribution in [-0.2, 0) is 13.0 Å². The number of likely N-dealkylation sites (N-methyl/N-ethyl adjacent to an activating group) is 1. The lowest BCUT2D eigenvalue weighted by Crippen LogP contribution is -2.27. The van der Waals surface area contributed by atoms with Crippen molar-refractivity contribution < 1.29 is 17.6 Å². The summed E-state index contributed by atoms with van der Waals surface area (Å²) in [7, 11) is 1.98. The summed E-state index contributed by atoms with van der Waals surface area (Å²) in [5.41, 5.74) is 1.61. The largest absolute Gasteiger partial charge is 0.418 e. The summed E-state index contributed by atoms with van der Waals surface area (Å²) >= 11 is 6.14. The molecule has 3 aromatic rings. The molecule has 7 heteroatoms. The van der Waals surface area contributed by atoms with Gasteiger partial charge in [-0.1, -0.05) is 23.7 Å². The van der Waals surface area contributed by atoms with Gasteiger partial charge in [0.25, 0.3) is 0 Å². The zero-order chi connectivity index (χ0) is 20.1. The quantitative estimate of drug-likeness (QED) is 0.473. The third-order valence-corrected chi connectivity index (χ3v) is 5.29. The minimum atomic E-state index is -4.58. The van der Waals surface area contributed by atoms with Gasteiger partial charge >= 0.3 is 6.18 Å². The average Bonchev–Trinajstić information content (AvgIpc) is 2.92. The van der Waals surface area contributed by atoms with Crippen LogP contribution in [0.5, 0.6) is 0 Å². The normalized spacial score (nSPS) is 15.9. The molecule has 0 fully saturated rings. The summed E-state index contributed by atoms with van der Waals surface area (Å²) in [6, 6.07) is 9.58.